The first-order valence-corrected chi connectivity index (χ1v) is 6.52. The molecule has 16 heavy (non-hydrogen) atoms. The monoisotopic (exact) mass is 243 g/mol. The van der Waals surface area contributed by atoms with Crippen LogP contribution in [0.4, 0.5) is 8.78 Å². The maximum absolute atomic E-state index is 13.7. The summed E-state index contributed by atoms with van der Waals surface area (Å²) >= 11 is 1.77. The zero-order valence-corrected chi connectivity index (χ0v) is 10.2. The minimum Gasteiger partial charge on any atom is -0.306 e. The molecule has 88 valence electrons. The molecule has 4 heteroatoms. The average molecular weight is 243 g/mol. The molecule has 2 rings (SSSR count). The maximum atomic E-state index is 13.7. The number of hydrogen-bond acceptors (Lipinski definition) is 2. The van der Waals surface area contributed by atoms with Crippen LogP contribution in [-0.2, 0) is 0 Å². The van der Waals surface area contributed by atoms with Crippen molar-refractivity contribution in [1.29, 1.82) is 0 Å². The largest absolute Gasteiger partial charge is 0.306 e. The summed E-state index contributed by atoms with van der Waals surface area (Å²) in [5.74, 6) is 1.17. The summed E-state index contributed by atoms with van der Waals surface area (Å²) in [5.41, 5.74) is 0.805. The number of aryl methyl sites for hydroxylation is 1. The fourth-order valence-corrected chi connectivity index (χ4v) is 3.01. The maximum Gasteiger partial charge on any atom is 0.128 e. The molecular formula is C12H15F2NS. The number of nitrogens with one attached hydrogen (secondary N) is 1. The average Bonchev–Trinajstić information content (AvgIpc) is 2.23. The van der Waals surface area contributed by atoms with E-state index in [1.54, 1.807) is 18.7 Å². The molecule has 0 radical (unpaired) electrons. The molecule has 0 aromatic heterocycles. The number of halogens is 2. The highest BCUT2D eigenvalue weighted by molar-refractivity contribution is 7.99. The summed E-state index contributed by atoms with van der Waals surface area (Å²) in [6, 6.07) is 2.85. The molecule has 0 aliphatic carbocycles. The Kier molecular flexibility index (Phi) is 3.50. The van der Waals surface area contributed by atoms with Crippen LogP contribution in [0.5, 0.6) is 0 Å². The topological polar surface area (TPSA) is 12.0 Å². The van der Waals surface area contributed by atoms with Gasteiger partial charge >= 0.3 is 0 Å². The Hall–Kier alpha value is -0.610. The molecule has 1 aliphatic rings. The van der Waals surface area contributed by atoms with Crippen LogP contribution >= 0.6 is 11.8 Å². The van der Waals surface area contributed by atoms with Crippen molar-refractivity contribution in [3.8, 4) is 0 Å². The van der Waals surface area contributed by atoms with Crippen molar-refractivity contribution in [3.63, 3.8) is 0 Å². The van der Waals surface area contributed by atoms with E-state index < -0.39 is 0 Å². The predicted molar refractivity (Wildman–Crippen MR) is 63.8 cm³/mol. The van der Waals surface area contributed by atoms with Crippen molar-refractivity contribution in [1.82, 2.24) is 5.32 Å². The third-order valence-electron chi connectivity index (χ3n) is 2.79. The molecule has 1 fully saturated rings. The summed E-state index contributed by atoms with van der Waals surface area (Å²) in [5, 5.41) is 3.29. The van der Waals surface area contributed by atoms with Crippen LogP contribution in [0.3, 0.4) is 0 Å². The molecule has 1 aromatic carbocycles. The van der Waals surface area contributed by atoms with Gasteiger partial charge in [-0.2, -0.15) is 11.8 Å². The van der Waals surface area contributed by atoms with Crippen LogP contribution in [0.25, 0.3) is 0 Å². The van der Waals surface area contributed by atoms with E-state index >= 15 is 0 Å². The molecule has 0 spiro atoms. The molecule has 2 atom stereocenters. The zero-order valence-electron chi connectivity index (χ0n) is 9.39. The number of thioether (sulfide) groups is 1. The van der Waals surface area contributed by atoms with Gasteiger partial charge in [0.1, 0.15) is 11.6 Å². The first kappa shape index (κ1) is 11.9. The highest BCUT2D eigenvalue weighted by atomic mass is 32.2. The summed E-state index contributed by atoms with van der Waals surface area (Å²) < 4.78 is 27.1. The lowest BCUT2D eigenvalue weighted by molar-refractivity contribution is 0.475. The third-order valence-corrected chi connectivity index (χ3v) is 4.10. The van der Waals surface area contributed by atoms with E-state index in [2.05, 4.69) is 12.2 Å². The van der Waals surface area contributed by atoms with Crippen LogP contribution < -0.4 is 5.32 Å². The van der Waals surface area contributed by atoms with E-state index in [9.17, 15) is 8.78 Å². The molecule has 1 heterocycles. The number of hydrogen-bond donors (Lipinski definition) is 1. The van der Waals surface area contributed by atoms with Crippen molar-refractivity contribution in [2.45, 2.75) is 25.9 Å². The van der Waals surface area contributed by atoms with Gasteiger partial charge in [0, 0.05) is 29.2 Å². The first-order chi connectivity index (χ1) is 7.58. The van der Waals surface area contributed by atoms with Gasteiger partial charge in [-0.3, -0.25) is 0 Å². The van der Waals surface area contributed by atoms with Gasteiger partial charge in [-0.15, -0.1) is 0 Å². The molecule has 1 nitrogen and oxygen atoms in total. The number of rotatable bonds is 1. The van der Waals surface area contributed by atoms with Crippen LogP contribution in [0.15, 0.2) is 12.1 Å². The van der Waals surface area contributed by atoms with Gasteiger partial charge in [-0.1, -0.05) is 0 Å². The van der Waals surface area contributed by atoms with Gasteiger partial charge in [-0.05, 0) is 31.5 Å². The fraction of sp³-hybridized carbons (Fsp3) is 0.500. The van der Waals surface area contributed by atoms with E-state index in [0.717, 1.165) is 11.5 Å². The van der Waals surface area contributed by atoms with E-state index in [-0.39, 0.29) is 17.7 Å². The third kappa shape index (κ3) is 2.38. The molecule has 0 amide bonds. The van der Waals surface area contributed by atoms with Gasteiger partial charge in [0.15, 0.2) is 0 Å². The summed E-state index contributed by atoms with van der Waals surface area (Å²) in [6.45, 7) is 3.63. The molecule has 1 aromatic rings. The summed E-state index contributed by atoms with van der Waals surface area (Å²) in [6.07, 6.45) is 0. The number of benzene rings is 1. The van der Waals surface area contributed by atoms with Gasteiger partial charge in [0.25, 0.3) is 0 Å². The Labute approximate surface area is 98.6 Å². The minimum absolute atomic E-state index is 0.0798. The van der Waals surface area contributed by atoms with Crippen molar-refractivity contribution >= 4 is 11.8 Å². The Bertz CT molecular complexity index is 395. The Morgan fingerprint density at radius 3 is 2.69 bits per heavy atom. The second-order valence-electron chi connectivity index (χ2n) is 4.28. The first-order valence-electron chi connectivity index (χ1n) is 5.37. The van der Waals surface area contributed by atoms with Crippen molar-refractivity contribution in [2.75, 3.05) is 11.5 Å². The second-order valence-corrected chi connectivity index (χ2v) is 5.36. The standard InChI is InChI=1S/C12H15F2NS/c1-7-3-11(14)9(4-10(7)13)12-6-16-5-8(2)15-12/h3-4,8,12,15H,5-6H2,1-2H3. The Balaban J connectivity index is 2.29. The molecule has 1 N–H and O–H groups in total. The van der Waals surface area contributed by atoms with Gasteiger partial charge in [0.2, 0.25) is 0 Å². The van der Waals surface area contributed by atoms with Crippen LogP contribution in [-0.4, -0.2) is 17.5 Å². The smallest absolute Gasteiger partial charge is 0.128 e. The minimum atomic E-state index is -0.332. The van der Waals surface area contributed by atoms with Gasteiger partial charge in [-0.25, -0.2) is 8.78 Å². The highest BCUT2D eigenvalue weighted by Gasteiger charge is 2.23. The highest BCUT2D eigenvalue weighted by Crippen LogP contribution is 2.27. The SMILES string of the molecule is Cc1cc(F)c(C2CSCC(C)N2)cc1F. The lowest BCUT2D eigenvalue weighted by Crippen LogP contribution is -2.38. The molecular weight excluding hydrogens is 228 g/mol. The molecule has 0 bridgehead atoms. The van der Waals surface area contributed by atoms with Gasteiger partial charge in [0.05, 0.1) is 0 Å². The van der Waals surface area contributed by atoms with Crippen LogP contribution in [0.2, 0.25) is 0 Å². The van der Waals surface area contributed by atoms with Crippen LogP contribution in [0, 0.1) is 18.6 Å². The summed E-state index contributed by atoms with van der Waals surface area (Å²) in [7, 11) is 0. The van der Waals surface area contributed by atoms with Crippen molar-refractivity contribution in [2.24, 2.45) is 0 Å². The van der Waals surface area contributed by atoms with E-state index in [0.29, 0.717) is 17.2 Å². The molecule has 2 unspecified atom stereocenters. The van der Waals surface area contributed by atoms with E-state index in [4.69, 9.17) is 0 Å². The quantitative estimate of drug-likeness (QED) is 0.813. The predicted octanol–water partition coefficient (Wildman–Crippen LogP) is 3.04. The van der Waals surface area contributed by atoms with Gasteiger partial charge < -0.3 is 5.32 Å². The molecule has 0 saturated carbocycles. The van der Waals surface area contributed by atoms with E-state index in [1.807, 2.05) is 0 Å². The fourth-order valence-electron chi connectivity index (χ4n) is 1.91. The van der Waals surface area contributed by atoms with Crippen LogP contribution in [0.1, 0.15) is 24.1 Å². The van der Waals surface area contributed by atoms with Crippen molar-refractivity contribution in [3.05, 3.63) is 34.9 Å². The lowest BCUT2D eigenvalue weighted by atomic mass is 10.0. The Morgan fingerprint density at radius 2 is 2.00 bits per heavy atom. The summed E-state index contributed by atoms with van der Waals surface area (Å²) in [4.78, 5) is 0. The molecule has 1 saturated heterocycles. The normalized spacial score (nSPS) is 25.8. The lowest BCUT2D eigenvalue weighted by Gasteiger charge is -2.29. The second kappa shape index (κ2) is 4.72. The Morgan fingerprint density at radius 1 is 1.25 bits per heavy atom. The molecule has 1 aliphatic heterocycles. The van der Waals surface area contributed by atoms with E-state index in [1.165, 1.54) is 12.1 Å². The zero-order chi connectivity index (χ0) is 11.7. The van der Waals surface area contributed by atoms with Crippen molar-refractivity contribution < 1.29 is 8.78 Å².